The summed E-state index contributed by atoms with van der Waals surface area (Å²) in [6, 6.07) is 7.10. The van der Waals surface area contributed by atoms with E-state index in [1.807, 2.05) is 19.1 Å². The molecule has 19 heavy (non-hydrogen) atoms. The first-order valence-corrected chi connectivity index (χ1v) is 6.72. The molecule has 2 aliphatic rings. The molecule has 2 fully saturated rings. The highest BCUT2D eigenvalue weighted by atomic mass is 16.3. The van der Waals surface area contributed by atoms with E-state index < -0.39 is 0 Å². The van der Waals surface area contributed by atoms with Gasteiger partial charge < -0.3 is 10.4 Å². The Morgan fingerprint density at radius 2 is 2.05 bits per heavy atom. The molecule has 3 rings (SSSR count). The number of nitrogens with one attached hydrogen (secondary N) is 1. The molecule has 100 valence electrons. The molecule has 3 heteroatoms. The Balaban J connectivity index is 1.91. The van der Waals surface area contributed by atoms with E-state index in [4.69, 9.17) is 0 Å². The average molecular weight is 257 g/mol. The molecule has 0 unspecified atom stereocenters. The number of ketones is 1. The van der Waals surface area contributed by atoms with E-state index in [9.17, 15) is 9.90 Å². The quantitative estimate of drug-likeness (QED) is 0.631. The van der Waals surface area contributed by atoms with Crippen LogP contribution in [0.25, 0.3) is 0 Å². The third-order valence-corrected chi connectivity index (χ3v) is 4.70. The first-order valence-electron chi connectivity index (χ1n) is 6.72. The summed E-state index contributed by atoms with van der Waals surface area (Å²) in [5.41, 5.74) is 2.72. The number of phenolic OH excluding ortho intramolecular Hbond substituents is 1. The van der Waals surface area contributed by atoms with Crippen molar-refractivity contribution in [3.05, 3.63) is 35.5 Å². The first-order chi connectivity index (χ1) is 8.93. The van der Waals surface area contributed by atoms with Crippen LogP contribution in [0.15, 0.2) is 35.5 Å². The van der Waals surface area contributed by atoms with Gasteiger partial charge in [0.2, 0.25) is 0 Å². The normalized spacial score (nSPS) is 29.9. The van der Waals surface area contributed by atoms with Crippen molar-refractivity contribution >= 4 is 11.5 Å². The van der Waals surface area contributed by atoms with Crippen molar-refractivity contribution in [2.45, 2.75) is 27.2 Å². The van der Waals surface area contributed by atoms with Gasteiger partial charge in [0.05, 0.1) is 5.69 Å². The highest BCUT2D eigenvalue weighted by molar-refractivity contribution is 6.01. The van der Waals surface area contributed by atoms with Gasteiger partial charge in [-0.15, -0.1) is 0 Å². The molecule has 2 atom stereocenters. The van der Waals surface area contributed by atoms with Crippen molar-refractivity contribution in [3.8, 4) is 5.75 Å². The minimum absolute atomic E-state index is 0.208. The maximum Gasteiger partial charge on any atom is 0.161 e. The molecule has 2 aliphatic carbocycles. The molecule has 0 radical (unpaired) electrons. The van der Waals surface area contributed by atoms with Gasteiger partial charge in [0.25, 0.3) is 0 Å². The second kappa shape index (κ2) is 3.86. The van der Waals surface area contributed by atoms with Crippen LogP contribution >= 0.6 is 0 Å². The van der Waals surface area contributed by atoms with Crippen molar-refractivity contribution in [1.29, 1.82) is 0 Å². The number of allylic oxidation sites excluding steroid dienone is 2. The third-order valence-electron chi connectivity index (χ3n) is 4.70. The van der Waals surface area contributed by atoms with Gasteiger partial charge in [-0.25, -0.2) is 0 Å². The number of Topliss-reactive ketones (excluding diaryl/α,β-unsaturated/α-hetero) is 1. The maximum absolute atomic E-state index is 12.1. The minimum Gasteiger partial charge on any atom is -0.506 e. The van der Waals surface area contributed by atoms with Crippen LogP contribution in [-0.2, 0) is 4.79 Å². The molecule has 1 aromatic carbocycles. The van der Waals surface area contributed by atoms with Crippen LogP contribution < -0.4 is 5.32 Å². The van der Waals surface area contributed by atoms with Crippen LogP contribution in [0.3, 0.4) is 0 Å². The summed E-state index contributed by atoms with van der Waals surface area (Å²) in [5.74, 6) is 1.36. The second-order valence-electron chi connectivity index (χ2n) is 6.21. The molecule has 2 saturated carbocycles. The summed E-state index contributed by atoms with van der Waals surface area (Å²) in [6.45, 7) is 6.38. The van der Waals surface area contributed by atoms with E-state index >= 15 is 0 Å². The third kappa shape index (κ3) is 1.76. The lowest BCUT2D eigenvalue weighted by Gasteiger charge is -2.15. The molecule has 0 heterocycles. The Morgan fingerprint density at radius 1 is 1.37 bits per heavy atom. The van der Waals surface area contributed by atoms with Gasteiger partial charge in [-0.1, -0.05) is 26.0 Å². The molecule has 0 bridgehead atoms. The monoisotopic (exact) mass is 257 g/mol. The van der Waals surface area contributed by atoms with Crippen LogP contribution in [0.5, 0.6) is 5.75 Å². The molecule has 1 aromatic rings. The van der Waals surface area contributed by atoms with Gasteiger partial charge in [0.1, 0.15) is 5.75 Å². The van der Waals surface area contributed by atoms with Gasteiger partial charge in [-0.2, -0.15) is 0 Å². The molecule has 0 aliphatic heterocycles. The minimum atomic E-state index is 0.208. The van der Waals surface area contributed by atoms with E-state index in [0.717, 1.165) is 11.3 Å². The predicted octanol–water partition coefficient (Wildman–Crippen LogP) is 3.32. The van der Waals surface area contributed by atoms with E-state index in [-0.39, 0.29) is 16.9 Å². The lowest BCUT2D eigenvalue weighted by Crippen LogP contribution is -2.12. The zero-order chi connectivity index (χ0) is 13.8. The number of benzene rings is 1. The molecule has 0 saturated heterocycles. The van der Waals surface area contributed by atoms with Gasteiger partial charge in [0.15, 0.2) is 5.78 Å². The fraction of sp³-hybridized carbons (Fsp3) is 0.438. The molecular formula is C16H19NO2. The summed E-state index contributed by atoms with van der Waals surface area (Å²) in [5, 5.41) is 13.0. The molecule has 0 amide bonds. The van der Waals surface area contributed by atoms with E-state index in [1.54, 1.807) is 12.1 Å². The van der Waals surface area contributed by atoms with Crippen molar-refractivity contribution in [1.82, 2.24) is 0 Å². The standard InChI is InChI=1S/C16H19NO2/c1-9(17-11-6-4-5-7-12(11)18)14-13(19)8-10-15(14)16(10,2)3/h4-7,10,15,17-18H,8H2,1-3H3/t10-,15+/m0/s1. The fourth-order valence-corrected chi connectivity index (χ4v) is 3.47. The Morgan fingerprint density at radius 3 is 2.68 bits per heavy atom. The van der Waals surface area contributed by atoms with E-state index in [2.05, 4.69) is 19.2 Å². The number of aromatic hydroxyl groups is 1. The highest BCUT2D eigenvalue weighted by Crippen LogP contribution is 2.68. The van der Waals surface area contributed by atoms with E-state index in [1.165, 1.54) is 0 Å². The van der Waals surface area contributed by atoms with Crippen molar-refractivity contribution in [3.63, 3.8) is 0 Å². The number of carbonyl (C=O) groups is 1. The number of phenols is 1. The largest absolute Gasteiger partial charge is 0.506 e. The van der Waals surface area contributed by atoms with Crippen LogP contribution in [0.2, 0.25) is 0 Å². The van der Waals surface area contributed by atoms with Crippen molar-refractivity contribution < 1.29 is 9.90 Å². The summed E-state index contributed by atoms with van der Waals surface area (Å²) in [7, 11) is 0. The molecule has 2 N–H and O–H groups in total. The Bertz CT molecular complexity index is 586. The number of anilines is 1. The summed E-state index contributed by atoms with van der Waals surface area (Å²) in [6.07, 6.45) is 0.673. The van der Waals surface area contributed by atoms with Crippen LogP contribution in [0.1, 0.15) is 27.2 Å². The summed E-state index contributed by atoms with van der Waals surface area (Å²) in [4.78, 5) is 12.1. The Kier molecular flexibility index (Phi) is 2.49. The van der Waals surface area contributed by atoms with Crippen molar-refractivity contribution in [2.75, 3.05) is 5.32 Å². The van der Waals surface area contributed by atoms with Gasteiger partial charge in [-0.3, -0.25) is 4.79 Å². The average Bonchev–Trinajstić information content (AvgIpc) is 2.72. The highest BCUT2D eigenvalue weighted by Gasteiger charge is 2.65. The van der Waals surface area contributed by atoms with Crippen LogP contribution in [0, 0.1) is 17.3 Å². The Labute approximate surface area is 113 Å². The lowest BCUT2D eigenvalue weighted by molar-refractivity contribution is -0.115. The van der Waals surface area contributed by atoms with Gasteiger partial charge in [0, 0.05) is 17.7 Å². The van der Waals surface area contributed by atoms with Crippen LogP contribution in [-0.4, -0.2) is 10.9 Å². The smallest absolute Gasteiger partial charge is 0.161 e. The molecule has 0 aromatic heterocycles. The topological polar surface area (TPSA) is 49.3 Å². The zero-order valence-electron chi connectivity index (χ0n) is 11.5. The second-order valence-corrected chi connectivity index (χ2v) is 6.21. The lowest BCUT2D eigenvalue weighted by atomic mass is 9.95. The SMILES string of the molecule is CC(Nc1ccccc1O)=C1C(=O)C[C@H]2[C@H]1C2(C)C. The number of hydrogen-bond donors (Lipinski definition) is 2. The van der Waals surface area contributed by atoms with Gasteiger partial charge >= 0.3 is 0 Å². The van der Waals surface area contributed by atoms with Crippen LogP contribution in [0.4, 0.5) is 5.69 Å². The number of para-hydroxylation sites is 2. The zero-order valence-corrected chi connectivity index (χ0v) is 11.5. The summed E-state index contributed by atoms with van der Waals surface area (Å²) < 4.78 is 0. The number of hydrogen-bond acceptors (Lipinski definition) is 3. The number of fused-ring (bicyclic) bond motifs is 1. The van der Waals surface area contributed by atoms with Crippen molar-refractivity contribution in [2.24, 2.45) is 17.3 Å². The summed E-state index contributed by atoms with van der Waals surface area (Å²) >= 11 is 0. The fourth-order valence-electron chi connectivity index (χ4n) is 3.47. The van der Waals surface area contributed by atoms with Gasteiger partial charge in [-0.05, 0) is 36.3 Å². The first kappa shape index (κ1) is 12.3. The number of carbonyl (C=O) groups excluding carboxylic acids is 1. The maximum atomic E-state index is 12.1. The Hall–Kier alpha value is -1.77. The number of rotatable bonds is 2. The molecule has 0 spiro atoms. The predicted molar refractivity (Wildman–Crippen MR) is 74.8 cm³/mol. The molecular weight excluding hydrogens is 238 g/mol. The molecule has 3 nitrogen and oxygen atoms in total. The van der Waals surface area contributed by atoms with E-state index in [0.29, 0.717) is 23.9 Å².